The lowest BCUT2D eigenvalue weighted by atomic mass is 10.0. The summed E-state index contributed by atoms with van der Waals surface area (Å²) in [4.78, 5) is 46.7. The van der Waals surface area contributed by atoms with E-state index in [9.17, 15) is 14.4 Å². The molecule has 0 saturated carbocycles. The highest BCUT2D eigenvalue weighted by atomic mass is 33.1. The van der Waals surface area contributed by atoms with Gasteiger partial charge in [0.05, 0.1) is 7.11 Å². The van der Waals surface area contributed by atoms with E-state index in [1.165, 1.54) is 33.6 Å². The van der Waals surface area contributed by atoms with Crippen LogP contribution in [0.1, 0.15) is 24.2 Å². The number of benzene rings is 4. The molecule has 0 spiro atoms. The van der Waals surface area contributed by atoms with Gasteiger partial charge in [-0.25, -0.2) is 9.78 Å². The van der Waals surface area contributed by atoms with Crippen molar-refractivity contribution in [1.29, 1.82) is 0 Å². The van der Waals surface area contributed by atoms with Crippen LogP contribution in [0.25, 0.3) is 11.1 Å². The molecule has 2 atom stereocenters. The maximum Gasteiger partial charge on any atom is 0.359 e. The zero-order chi connectivity index (χ0) is 33.5. The van der Waals surface area contributed by atoms with Crippen LogP contribution in [-0.4, -0.2) is 52.8 Å². The van der Waals surface area contributed by atoms with E-state index in [1.807, 2.05) is 84.9 Å². The van der Waals surface area contributed by atoms with Crippen molar-refractivity contribution in [3.63, 3.8) is 0 Å². The van der Waals surface area contributed by atoms with Gasteiger partial charge < -0.3 is 23.9 Å². The SMILES string of the molecule is CO/C(C)=C(\C(=O)OC(c1ccccc1)c1ccccc1)N1C(=O)C(NC(=O)COc2ccccc2)C1SSc1nc2ccccc2o1. The molecule has 4 aromatic carbocycles. The number of likely N-dealkylation sites (tertiary alicyclic amines) is 1. The first kappa shape index (κ1) is 32.7. The Labute approximate surface area is 284 Å². The molecule has 1 aliphatic rings. The molecule has 2 heterocycles. The molecule has 1 fully saturated rings. The Bertz CT molecular complexity index is 1850. The van der Waals surface area contributed by atoms with E-state index in [2.05, 4.69) is 10.3 Å². The molecule has 0 bridgehead atoms. The minimum Gasteiger partial charge on any atom is -0.499 e. The molecule has 244 valence electrons. The Morgan fingerprint density at radius 1 is 0.896 bits per heavy atom. The number of oxazole rings is 1. The lowest BCUT2D eigenvalue weighted by Crippen LogP contribution is -2.69. The minimum absolute atomic E-state index is 0.0824. The molecular weight excluding hydrogens is 651 g/mol. The molecule has 5 aromatic rings. The van der Waals surface area contributed by atoms with Gasteiger partial charge in [-0.1, -0.05) is 102 Å². The van der Waals surface area contributed by atoms with Gasteiger partial charge in [-0.2, -0.15) is 0 Å². The third-order valence-corrected chi connectivity index (χ3v) is 9.87. The highest BCUT2D eigenvalue weighted by Gasteiger charge is 2.53. The van der Waals surface area contributed by atoms with Crippen molar-refractivity contribution < 1.29 is 33.0 Å². The highest BCUT2D eigenvalue weighted by Crippen LogP contribution is 2.45. The van der Waals surface area contributed by atoms with Crippen molar-refractivity contribution in [2.45, 2.75) is 29.7 Å². The Hall–Kier alpha value is -5.20. The summed E-state index contributed by atoms with van der Waals surface area (Å²) in [6, 6.07) is 33.9. The van der Waals surface area contributed by atoms with Crippen molar-refractivity contribution >= 4 is 50.5 Å². The number of fused-ring (bicyclic) bond motifs is 1. The number of carbonyl (C=O) groups is 3. The molecule has 1 saturated heterocycles. The number of esters is 1. The molecule has 1 aromatic heterocycles. The van der Waals surface area contributed by atoms with Crippen LogP contribution in [0, 0.1) is 0 Å². The minimum atomic E-state index is -0.995. The Kier molecular flexibility index (Phi) is 10.3. The number of hydrogen-bond donors (Lipinski definition) is 1. The fraction of sp³-hybridized carbons (Fsp3) is 0.167. The summed E-state index contributed by atoms with van der Waals surface area (Å²) in [5, 5.41) is 2.35. The van der Waals surface area contributed by atoms with E-state index in [0.717, 1.165) is 11.1 Å². The van der Waals surface area contributed by atoms with Crippen LogP contribution in [-0.2, 0) is 23.9 Å². The summed E-state index contributed by atoms with van der Waals surface area (Å²) in [6.45, 7) is 1.28. The monoisotopic (exact) mass is 681 g/mol. The predicted octanol–water partition coefficient (Wildman–Crippen LogP) is 6.51. The summed E-state index contributed by atoms with van der Waals surface area (Å²) in [7, 11) is 3.80. The molecule has 1 N–H and O–H groups in total. The van der Waals surface area contributed by atoms with Gasteiger partial charge in [0.2, 0.25) is 0 Å². The second-order valence-electron chi connectivity index (χ2n) is 10.6. The topological polar surface area (TPSA) is 120 Å². The Morgan fingerprint density at radius 2 is 1.50 bits per heavy atom. The number of nitrogens with zero attached hydrogens (tertiary/aromatic N) is 2. The molecular formula is C36H31N3O7S2. The molecule has 6 rings (SSSR count). The summed E-state index contributed by atoms with van der Waals surface area (Å²) >= 11 is 0. The lowest BCUT2D eigenvalue weighted by molar-refractivity contribution is -0.155. The highest BCUT2D eigenvalue weighted by molar-refractivity contribution is 8.76. The smallest absolute Gasteiger partial charge is 0.359 e. The zero-order valence-corrected chi connectivity index (χ0v) is 27.6. The number of β-lactam (4-membered cyclic amide) rings is 1. The second kappa shape index (κ2) is 15.1. The number of para-hydroxylation sites is 3. The van der Waals surface area contributed by atoms with Gasteiger partial charge in [-0.15, -0.1) is 0 Å². The Balaban J connectivity index is 1.26. The maximum atomic E-state index is 14.1. The van der Waals surface area contributed by atoms with E-state index < -0.39 is 35.3 Å². The summed E-state index contributed by atoms with van der Waals surface area (Å²) < 4.78 is 23.1. The van der Waals surface area contributed by atoms with E-state index in [1.54, 1.807) is 37.3 Å². The van der Waals surface area contributed by atoms with E-state index in [0.29, 0.717) is 22.1 Å². The molecule has 12 heteroatoms. The van der Waals surface area contributed by atoms with Gasteiger partial charge in [0.1, 0.15) is 28.4 Å². The summed E-state index contributed by atoms with van der Waals surface area (Å²) in [5.74, 6) is -1.10. The van der Waals surface area contributed by atoms with Crippen LogP contribution in [0.5, 0.6) is 5.75 Å². The number of ether oxygens (including phenoxy) is 3. The number of allylic oxidation sites excluding steroid dienone is 1. The quantitative estimate of drug-likeness (QED) is 0.0484. The van der Waals surface area contributed by atoms with Crippen LogP contribution < -0.4 is 10.1 Å². The fourth-order valence-electron chi connectivity index (χ4n) is 5.05. The molecule has 1 aliphatic heterocycles. The van der Waals surface area contributed by atoms with Gasteiger partial charge >= 0.3 is 5.97 Å². The first-order chi connectivity index (χ1) is 23.4. The van der Waals surface area contributed by atoms with Crippen molar-refractivity contribution in [3.05, 3.63) is 138 Å². The fourth-order valence-corrected chi connectivity index (χ4v) is 7.43. The first-order valence-corrected chi connectivity index (χ1v) is 17.2. The standard InChI is InChI=1S/C36H31N3O7S2/c1-23(43-2)31(35(42)46-32(24-14-6-3-7-15-24)25-16-8-4-9-17-25)39-33(41)30(38-29(40)22-44-26-18-10-5-11-19-26)34(39)47-48-36-37-27-20-12-13-21-28(27)45-36/h3-21,30,32,34H,22H2,1-2H3,(H,38,40)/b31-23+. The van der Waals surface area contributed by atoms with Crippen LogP contribution in [0.3, 0.4) is 0 Å². The zero-order valence-electron chi connectivity index (χ0n) is 26.0. The largest absolute Gasteiger partial charge is 0.499 e. The van der Waals surface area contributed by atoms with E-state index in [4.69, 9.17) is 18.6 Å². The van der Waals surface area contributed by atoms with E-state index in [-0.39, 0.29) is 18.1 Å². The average Bonchev–Trinajstić information content (AvgIpc) is 3.55. The van der Waals surface area contributed by atoms with E-state index >= 15 is 0 Å². The molecule has 48 heavy (non-hydrogen) atoms. The Morgan fingerprint density at radius 3 is 2.12 bits per heavy atom. The maximum absolute atomic E-state index is 14.1. The van der Waals surface area contributed by atoms with Gasteiger partial charge in [0.15, 0.2) is 24.0 Å². The molecule has 2 unspecified atom stereocenters. The number of carbonyl (C=O) groups excluding carboxylic acids is 3. The number of methoxy groups -OCH3 is 1. The second-order valence-corrected chi connectivity index (χ2v) is 12.9. The van der Waals surface area contributed by atoms with Crippen LogP contribution >= 0.6 is 21.6 Å². The number of rotatable bonds is 13. The molecule has 0 aliphatic carbocycles. The molecule has 10 nitrogen and oxygen atoms in total. The third-order valence-electron chi connectivity index (χ3n) is 7.47. The van der Waals surface area contributed by atoms with Crippen LogP contribution in [0.15, 0.2) is 136 Å². The average molecular weight is 682 g/mol. The van der Waals surface area contributed by atoms with Gasteiger partial charge in [0, 0.05) is 10.8 Å². The first-order valence-electron chi connectivity index (χ1n) is 15.0. The summed E-state index contributed by atoms with van der Waals surface area (Å²) in [5.41, 5.74) is 2.71. The van der Waals surface area contributed by atoms with Crippen molar-refractivity contribution in [2.24, 2.45) is 0 Å². The van der Waals surface area contributed by atoms with Crippen LogP contribution in [0.4, 0.5) is 0 Å². The molecule has 0 radical (unpaired) electrons. The third kappa shape index (κ3) is 7.35. The van der Waals surface area contributed by atoms with Crippen molar-refractivity contribution in [2.75, 3.05) is 13.7 Å². The number of nitrogens with one attached hydrogen (secondary N) is 1. The number of amides is 2. The van der Waals surface area contributed by atoms with Gasteiger partial charge in [0.25, 0.3) is 17.0 Å². The van der Waals surface area contributed by atoms with Crippen molar-refractivity contribution in [3.8, 4) is 5.75 Å². The van der Waals surface area contributed by atoms with Gasteiger partial charge in [-0.05, 0) is 42.3 Å². The predicted molar refractivity (Wildman–Crippen MR) is 182 cm³/mol. The lowest BCUT2D eigenvalue weighted by Gasteiger charge is -2.46. The normalized spacial score (nSPS) is 16.2. The number of hydrogen-bond acceptors (Lipinski definition) is 10. The molecule has 2 amide bonds. The van der Waals surface area contributed by atoms with Crippen molar-refractivity contribution in [1.82, 2.24) is 15.2 Å². The number of aromatic nitrogens is 1. The summed E-state index contributed by atoms with van der Waals surface area (Å²) in [6.07, 6.45) is -0.762. The van der Waals surface area contributed by atoms with Gasteiger partial charge in [-0.3, -0.25) is 14.5 Å². The van der Waals surface area contributed by atoms with Crippen LogP contribution in [0.2, 0.25) is 0 Å².